The zero-order chi connectivity index (χ0) is 14.7. The molecule has 110 valence electrons. The molecule has 0 saturated carbocycles. The SMILES string of the molecule is COC(=O)N[C@H](C(=O)N1[C@H](C)C[C@H](C)[C@@H]1C)C(C)C. The lowest BCUT2D eigenvalue weighted by atomic mass is 10.0. The van der Waals surface area contributed by atoms with Crippen LogP contribution in [0.3, 0.4) is 0 Å². The molecule has 5 nitrogen and oxygen atoms in total. The van der Waals surface area contributed by atoms with E-state index in [4.69, 9.17) is 0 Å². The van der Waals surface area contributed by atoms with E-state index in [0.717, 1.165) is 6.42 Å². The van der Waals surface area contributed by atoms with E-state index in [1.165, 1.54) is 7.11 Å². The number of amides is 2. The molecule has 5 heteroatoms. The van der Waals surface area contributed by atoms with Gasteiger partial charge in [0.15, 0.2) is 0 Å². The standard InChI is InChI=1S/C14H26N2O3/c1-8(2)12(15-14(18)19-6)13(17)16-10(4)7-9(3)11(16)5/h8-12H,7H2,1-6H3,(H,15,18)/t9-,10+,11-,12-/m0/s1. The van der Waals surface area contributed by atoms with E-state index in [0.29, 0.717) is 5.92 Å². The molecule has 1 fully saturated rings. The van der Waals surface area contributed by atoms with Crippen molar-refractivity contribution in [1.29, 1.82) is 0 Å². The van der Waals surface area contributed by atoms with Crippen molar-refractivity contribution >= 4 is 12.0 Å². The second kappa shape index (κ2) is 6.26. The highest BCUT2D eigenvalue weighted by Gasteiger charge is 2.40. The Balaban J connectivity index is 2.85. The highest BCUT2D eigenvalue weighted by atomic mass is 16.5. The van der Waals surface area contributed by atoms with Crippen molar-refractivity contribution in [1.82, 2.24) is 10.2 Å². The molecule has 2 amide bonds. The number of carbonyl (C=O) groups excluding carboxylic acids is 2. The van der Waals surface area contributed by atoms with Crippen LogP contribution < -0.4 is 5.32 Å². The van der Waals surface area contributed by atoms with Gasteiger partial charge in [-0.05, 0) is 32.1 Å². The third kappa shape index (κ3) is 3.39. The number of rotatable bonds is 3. The first kappa shape index (κ1) is 15.8. The quantitative estimate of drug-likeness (QED) is 0.853. The zero-order valence-corrected chi connectivity index (χ0v) is 12.8. The van der Waals surface area contributed by atoms with Crippen LogP contribution in [0.25, 0.3) is 0 Å². The Morgan fingerprint density at radius 1 is 1.26 bits per heavy atom. The highest BCUT2D eigenvalue weighted by molar-refractivity contribution is 5.86. The van der Waals surface area contributed by atoms with E-state index in [1.807, 2.05) is 18.7 Å². The molecule has 4 atom stereocenters. The number of hydrogen-bond donors (Lipinski definition) is 1. The number of hydrogen-bond acceptors (Lipinski definition) is 3. The molecule has 0 aromatic heterocycles. The maximum Gasteiger partial charge on any atom is 0.407 e. The van der Waals surface area contributed by atoms with Gasteiger partial charge in [-0.1, -0.05) is 20.8 Å². The number of carbonyl (C=O) groups is 2. The number of likely N-dealkylation sites (tertiary alicyclic amines) is 1. The van der Waals surface area contributed by atoms with Gasteiger partial charge in [-0.2, -0.15) is 0 Å². The van der Waals surface area contributed by atoms with Gasteiger partial charge in [0.2, 0.25) is 5.91 Å². The van der Waals surface area contributed by atoms with Crippen LogP contribution in [0, 0.1) is 11.8 Å². The first-order valence-electron chi connectivity index (χ1n) is 6.96. The fraction of sp³-hybridized carbons (Fsp3) is 0.857. The summed E-state index contributed by atoms with van der Waals surface area (Å²) in [5, 5.41) is 2.65. The summed E-state index contributed by atoms with van der Waals surface area (Å²) in [6, 6.07) is -0.0935. The van der Waals surface area contributed by atoms with E-state index in [2.05, 4.69) is 30.8 Å². The molecule has 1 rings (SSSR count). The Morgan fingerprint density at radius 3 is 2.21 bits per heavy atom. The summed E-state index contributed by atoms with van der Waals surface area (Å²) in [5.74, 6) is 0.511. The van der Waals surface area contributed by atoms with Gasteiger partial charge in [-0.25, -0.2) is 4.79 Å². The fourth-order valence-corrected chi connectivity index (χ4v) is 2.80. The van der Waals surface area contributed by atoms with Gasteiger partial charge in [-0.3, -0.25) is 4.79 Å². The first-order valence-corrected chi connectivity index (χ1v) is 6.96. The third-order valence-electron chi connectivity index (χ3n) is 4.10. The average Bonchev–Trinajstić information content (AvgIpc) is 2.58. The molecule has 0 bridgehead atoms. The molecule has 0 aromatic rings. The van der Waals surface area contributed by atoms with Crippen LogP contribution in [0.1, 0.15) is 41.0 Å². The number of ether oxygens (including phenoxy) is 1. The molecule has 1 heterocycles. The van der Waals surface area contributed by atoms with Crippen molar-refractivity contribution in [3.8, 4) is 0 Å². The van der Waals surface area contributed by atoms with Gasteiger partial charge in [0.05, 0.1) is 7.11 Å². The van der Waals surface area contributed by atoms with Gasteiger partial charge in [0, 0.05) is 12.1 Å². The molecule has 1 aliphatic rings. The van der Waals surface area contributed by atoms with Gasteiger partial charge >= 0.3 is 6.09 Å². The minimum atomic E-state index is -0.556. The average molecular weight is 270 g/mol. The van der Waals surface area contributed by atoms with Crippen molar-refractivity contribution in [2.75, 3.05) is 7.11 Å². The molecule has 1 aliphatic heterocycles. The predicted octanol–water partition coefficient (Wildman–Crippen LogP) is 2.01. The highest BCUT2D eigenvalue weighted by Crippen LogP contribution is 2.30. The fourth-order valence-electron chi connectivity index (χ4n) is 2.80. The smallest absolute Gasteiger partial charge is 0.407 e. The molecule has 0 aliphatic carbocycles. The number of methoxy groups -OCH3 is 1. The zero-order valence-electron chi connectivity index (χ0n) is 12.8. The van der Waals surface area contributed by atoms with Crippen molar-refractivity contribution in [3.63, 3.8) is 0 Å². The predicted molar refractivity (Wildman–Crippen MR) is 73.7 cm³/mol. The molecule has 19 heavy (non-hydrogen) atoms. The lowest BCUT2D eigenvalue weighted by Crippen LogP contribution is -2.54. The van der Waals surface area contributed by atoms with Gasteiger partial charge in [-0.15, -0.1) is 0 Å². The van der Waals surface area contributed by atoms with Crippen LogP contribution in [-0.2, 0) is 9.53 Å². The summed E-state index contributed by atoms with van der Waals surface area (Å²) >= 11 is 0. The normalized spacial score (nSPS) is 28.4. The lowest BCUT2D eigenvalue weighted by Gasteiger charge is -2.32. The Bertz CT molecular complexity index is 344. The van der Waals surface area contributed by atoms with Gasteiger partial charge in [0.1, 0.15) is 6.04 Å². The van der Waals surface area contributed by atoms with Crippen molar-refractivity contribution in [2.45, 2.75) is 59.2 Å². The van der Waals surface area contributed by atoms with Crippen LogP contribution in [0.15, 0.2) is 0 Å². The molecule has 1 saturated heterocycles. The van der Waals surface area contributed by atoms with E-state index in [-0.39, 0.29) is 23.9 Å². The second-order valence-corrected chi connectivity index (χ2v) is 5.91. The maximum atomic E-state index is 12.7. The third-order valence-corrected chi connectivity index (χ3v) is 4.10. The Kier molecular flexibility index (Phi) is 5.20. The second-order valence-electron chi connectivity index (χ2n) is 5.91. The summed E-state index contributed by atoms with van der Waals surface area (Å²) in [6.45, 7) is 10.1. The van der Waals surface area contributed by atoms with Crippen molar-refractivity contribution in [2.24, 2.45) is 11.8 Å². The number of alkyl carbamates (subject to hydrolysis) is 1. The Morgan fingerprint density at radius 2 is 1.84 bits per heavy atom. The summed E-state index contributed by atoms with van der Waals surface area (Å²) in [6.07, 6.45) is 0.454. The number of nitrogens with one attached hydrogen (secondary N) is 1. The molecule has 1 N–H and O–H groups in total. The molecule has 0 unspecified atom stereocenters. The summed E-state index contributed by atoms with van der Waals surface area (Å²) in [4.78, 5) is 25.9. The summed E-state index contributed by atoms with van der Waals surface area (Å²) in [5.41, 5.74) is 0. The van der Waals surface area contributed by atoms with Crippen LogP contribution in [0.5, 0.6) is 0 Å². The topological polar surface area (TPSA) is 58.6 Å². The van der Waals surface area contributed by atoms with Crippen LogP contribution in [0.4, 0.5) is 4.79 Å². The van der Waals surface area contributed by atoms with Crippen LogP contribution in [0.2, 0.25) is 0 Å². The van der Waals surface area contributed by atoms with E-state index in [1.54, 1.807) is 0 Å². The van der Waals surface area contributed by atoms with E-state index >= 15 is 0 Å². The Labute approximate surface area is 115 Å². The Hall–Kier alpha value is -1.26. The minimum Gasteiger partial charge on any atom is -0.453 e. The molecule has 0 spiro atoms. The van der Waals surface area contributed by atoms with Crippen molar-refractivity contribution < 1.29 is 14.3 Å². The molecular formula is C14H26N2O3. The van der Waals surface area contributed by atoms with Crippen LogP contribution in [-0.4, -0.2) is 42.1 Å². The van der Waals surface area contributed by atoms with E-state index in [9.17, 15) is 9.59 Å². The lowest BCUT2D eigenvalue weighted by molar-refractivity contribution is -0.137. The van der Waals surface area contributed by atoms with Gasteiger partial charge in [0.25, 0.3) is 0 Å². The largest absolute Gasteiger partial charge is 0.453 e. The van der Waals surface area contributed by atoms with Crippen LogP contribution >= 0.6 is 0 Å². The molecule has 0 aromatic carbocycles. The molecule has 0 radical (unpaired) electrons. The van der Waals surface area contributed by atoms with Crippen molar-refractivity contribution in [3.05, 3.63) is 0 Å². The maximum absolute atomic E-state index is 12.7. The summed E-state index contributed by atoms with van der Waals surface area (Å²) < 4.78 is 4.60. The van der Waals surface area contributed by atoms with Gasteiger partial charge < -0.3 is 15.0 Å². The summed E-state index contributed by atoms with van der Waals surface area (Å²) in [7, 11) is 1.31. The first-order chi connectivity index (χ1) is 8.79. The monoisotopic (exact) mass is 270 g/mol. The number of nitrogens with zero attached hydrogens (tertiary/aromatic N) is 1. The minimum absolute atomic E-state index is 0.00949. The molecular weight excluding hydrogens is 244 g/mol. The van der Waals surface area contributed by atoms with E-state index < -0.39 is 12.1 Å².